The van der Waals surface area contributed by atoms with Gasteiger partial charge in [0.1, 0.15) is 0 Å². The van der Waals surface area contributed by atoms with E-state index in [1.165, 1.54) is 40.8 Å². The molecule has 1 aromatic carbocycles. The molecule has 26 heavy (non-hydrogen) atoms. The monoisotopic (exact) mass is 409 g/mol. The zero-order valence-corrected chi connectivity index (χ0v) is 16.7. The van der Waals surface area contributed by atoms with Gasteiger partial charge in [-0.1, -0.05) is 40.8 Å². The number of benzene rings is 1. The Morgan fingerprint density at radius 1 is 1.19 bits per heavy atom. The van der Waals surface area contributed by atoms with Crippen molar-refractivity contribution in [2.24, 2.45) is 14.1 Å². The molecule has 3 aromatic rings. The fourth-order valence-electron chi connectivity index (χ4n) is 2.17. The van der Waals surface area contributed by atoms with Crippen molar-refractivity contribution in [3.8, 4) is 0 Å². The third-order valence-corrected chi connectivity index (χ3v) is 6.21. The fraction of sp³-hybridized carbons (Fsp3) is 0.250. The lowest BCUT2D eigenvalue weighted by Crippen LogP contribution is -2.37. The molecule has 0 bridgehead atoms. The number of hydrogen-bond acceptors (Lipinski definition) is 7. The maximum Gasteiger partial charge on any atom is 0.330 e. The van der Waals surface area contributed by atoms with Crippen LogP contribution in [0.25, 0.3) is 0 Å². The average molecular weight is 410 g/mol. The van der Waals surface area contributed by atoms with Crippen molar-refractivity contribution >= 4 is 45.5 Å². The van der Waals surface area contributed by atoms with E-state index in [1.807, 2.05) is 25.1 Å². The number of rotatable bonds is 5. The molecule has 0 aliphatic heterocycles. The van der Waals surface area contributed by atoms with Gasteiger partial charge in [0.15, 0.2) is 4.34 Å². The molecule has 0 saturated carbocycles. The lowest BCUT2D eigenvalue weighted by molar-refractivity contribution is 0.665. The molecule has 0 amide bonds. The topological polar surface area (TPSA) is 81.8 Å². The summed E-state index contributed by atoms with van der Waals surface area (Å²) in [7, 11) is 3.10. The smallest absolute Gasteiger partial charge is 0.330 e. The Labute approximate surface area is 162 Å². The fourth-order valence-corrected chi connectivity index (χ4v) is 4.14. The average Bonchev–Trinajstić information content (AvgIpc) is 3.06. The highest BCUT2D eigenvalue weighted by Gasteiger charge is 2.10. The maximum absolute atomic E-state index is 12.0. The first-order valence-corrected chi connectivity index (χ1v) is 9.78. The molecule has 0 aliphatic rings. The van der Waals surface area contributed by atoms with E-state index in [-0.39, 0.29) is 11.2 Å². The molecule has 136 valence electrons. The number of thioether (sulfide) groups is 1. The summed E-state index contributed by atoms with van der Waals surface area (Å²) >= 11 is 8.93. The first-order valence-electron chi connectivity index (χ1n) is 7.60. The van der Waals surface area contributed by atoms with Crippen LogP contribution in [-0.2, 0) is 19.8 Å². The third-order valence-electron chi connectivity index (χ3n) is 3.80. The SMILES string of the molecule is Cc1ccc(Nc2nnc(SCc3cc(=O)n(C)c(=O)n3C)s2)cc1Cl. The Hall–Kier alpha value is -2.10. The number of hydrogen-bond donors (Lipinski definition) is 1. The summed E-state index contributed by atoms with van der Waals surface area (Å²) in [5.41, 5.74) is 1.81. The molecule has 0 fully saturated rings. The van der Waals surface area contributed by atoms with Crippen LogP contribution in [-0.4, -0.2) is 19.3 Å². The maximum atomic E-state index is 12.0. The van der Waals surface area contributed by atoms with Crippen LogP contribution in [0.4, 0.5) is 10.8 Å². The van der Waals surface area contributed by atoms with E-state index in [4.69, 9.17) is 11.6 Å². The van der Waals surface area contributed by atoms with Gasteiger partial charge in [-0.2, -0.15) is 0 Å². The van der Waals surface area contributed by atoms with Crippen LogP contribution < -0.4 is 16.6 Å². The van der Waals surface area contributed by atoms with E-state index in [0.29, 0.717) is 21.6 Å². The molecular weight excluding hydrogens is 394 g/mol. The minimum atomic E-state index is -0.344. The van der Waals surface area contributed by atoms with Crippen molar-refractivity contribution in [1.29, 1.82) is 0 Å². The van der Waals surface area contributed by atoms with Gasteiger partial charge in [-0.3, -0.25) is 13.9 Å². The van der Waals surface area contributed by atoms with Crippen molar-refractivity contribution < 1.29 is 0 Å². The predicted octanol–water partition coefficient (Wildman–Crippen LogP) is 2.93. The molecule has 0 atom stereocenters. The van der Waals surface area contributed by atoms with Crippen LogP contribution in [0, 0.1) is 6.92 Å². The van der Waals surface area contributed by atoms with Crippen LogP contribution in [0.5, 0.6) is 0 Å². The van der Waals surface area contributed by atoms with Gasteiger partial charge in [0.05, 0.1) is 0 Å². The van der Waals surface area contributed by atoms with Gasteiger partial charge in [0, 0.05) is 42.3 Å². The third kappa shape index (κ3) is 4.00. The lowest BCUT2D eigenvalue weighted by atomic mass is 10.2. The molecule has 7 nitrogen and oxygen atoms in total. The highest BCUT2D eigenvalue weighted by atomic mass is 35.5. The Kier molecular flexibility index (Phi) is 5.49. The number of aromatic nitrogens is 4. The Bertz CT molecular complexity index is 1070. The van der Waals surface area contributed by atoms with E-state index in [9.17, 15) is 9.59 Å². The van der Waals surface area contributed by atoms with Gasteiger partial charge in [0.2, 0.25) is 5.13 Å². The van der Waals surface area contributed by atoms with Crippen LogP contribution in [0.2, 0.25) is 5.02 Å². The molecule has 3 rings (SSSR count). The minimum absolute atomic E-state index is 0.320. The van der Waals surface area contributed by atoms with Crippen molar-refractivity contribution in [2.45, 2.75) is 17.0 Å². The number of aryl methyl sites for hydroxylation is 1. The Balaban J connectivity index is 1.70. The first-order chi connectivity index (χ1) is 12.3. The van der Waals surface area contributed by atoms with E-state index in [2.05, 4.69) is 15.5 Å². The van der Waals surface area contributed by atoms with Gasteiger partial charge in [-0.05, 0) is 24.6 Å². The number of nitrogens with zero attached hydrogens (tertiary/aromatic N) is 4. The second kappa shape index (κ2) is 7.65. The molecule has 2 heterocycles. The summed E-state index contributed by atoms with van der Waals surface area (Å²) < 4.78 is 3.27. The molecule has 0 unspecified atom stereocenters. The zero-order valence-electron chi connectivity index (χ0n) is 14.3. The normalized spacial score (nSPS) is 10.9. The summed E-state index contributed by atoms with van der Waals surface area (Å²) in [6, 6.07) is 7.15. The lowest BCUT2D eigenvalue weighted by Gasteiger charge is -2.07. The molecule has 0 radical (unpaired) electrons. The Morgan fingerprint density at radius 3 is 2.69 bits per heavy atom. The van der Waals surface area contributed by atoms with E-state index in [1.54, 1.807) is 7.05 Å². The van der Waals surface area contributed by atoms with Crippen molar-refractivity contribution in [3.63, 3.8) is 0 Å². The van der Waals surface area contributed by atoms with Gasteiger partial charge >= 0.3 is 5.69 Å². The van der Waals surface area contributed by atoms with Crippen LogP contribution >= 0.6 is 34.7 Å². The standard InChI is InChI=1S/C16H16ClN5O2S2/c1-9-4-5-10(6-12(9)17)18-14-19-20-15(26-14)25-8-11-7-13(23)22(3)16(24)21(11)2/h4-7H,8H2,1-3H3,(H,18,19). The molecule has 1 N–H and O–H groups in total. The Morgan fingerprint density at radius 2 is 1.96 bits per heavy atom. The van der Waals surface area contributed by atoms with Crippen molar-refractivity contribution in [2.75, 3.05) is 5.32 Å². The van der Waals surface area contributed by atoms with Crippen LogP contribution in [0.3, 0.4) is 0 Å². The summed E-state index contributed by atoms with van der Waals surface area (Å²) in [5, 5.41) is 12.7. The second-order valence-electron chi connectivity index (χ2n) is 5.63. The van der Waals surface area contributed by atoms with Gasteiger partial charge in [-0.25, -0.2) is 4.79 Å². The zero-order chi connectivity index (χ0) is 18.8. The highest BCUT2D eigenvalue weighted by Crippen LogP contribution is 2.30. The number of anilines is 2. The van der Waals surface area contributed by atoms with Crippen molar-refractivity contribution in [1.82, 2.24) is 19.3 Å². The largest absolute Gasteiger partial charge is 0.330 e. The van der Waals surface area contributed by atoms with Crippen LogP contribution in [0.15, 0.2) is 38.2 Å². The minimum Gasteiger partial charge on any atom is -0.330 e. The van der Waals surface area contributed by atoms with E-state index in [0.717, 1.165) is 20.2 Å². The van der Waals surface area contributed by atoms with Gasteiger partial charge in [-0.15, -0.1) is 10.2 Å². The predicted molar refractivity (Wildman–Crippen MR) is 106 cm³/mol. The summed E-state index contributed by atoms with van der Waals surface area (Å²) in [5.74, 6) is 0.451. The molecule has 2 aromatic heterocycles. The molecule has 0 saturated heterocycles. The van der Waals surface area contributed by atoms with Crippen molar-refractivity contribution in [3.05, 3.63) is 61.4 Å². The number of nitrogens with one attached hydrogen (secondary N) is 1. The van der Waals surface area contributed by atoms with E-state index < -0.39 is 0 Å². The molecule has 0 aliphatic carbocycles. The van der Waals surface area contributed by atoms with Gasteiger partial charge < -0.3 is 5.32 Å². The summed E-state index contributed by atoms with van der Waals surface area (Å²) in [6.07, 6.45) is 0. The first kappa shape index (κ1) is 18.7. The molecular formula is C16H16ClN5O2S2. The highest BCUT2D eigenvalue weighted by molar-refractivity contribution is 8.00. The second-order valence-corrected chi connectivity index (χ2v) is 8.23. The number of halogens is 1. The van der Waals surface area contributed by atoms with Gasteiger partial charge in [0.25, 0.3) is 5.56 Å². The molecule has 0 spiro atoms. The van der Waals surface area contributed by atoms with E-state index >= 15 is 0 Å². The summed E-state index contributed by atoms with van der Waals surface area (Å²) in [4.78, 5) is 23.7. The van der Waals surface area contributed by atoms with Crippen LogP contribution in [0.1, 0.15) is 11.3 Å². The quantitative estimate of drug-likeness (QED) is 0.652. The molecule has 10 heteroatoms. The summed E-state index contributed by atoms with van der Waals surface area (Å²) in [6.45, 7) is 1.94.